The predicted octanol–water partition coefficient (Wildman–Crippen LogP) is 3.79. The molecule has 0 saturated heterocycles. The average Bonchev–Trinajstić information content (AvgIpc) is 2.77. The molecule has 0 radical (unpaired) electrons. The van der Waals surface area contributed by atoms with Gasteiger partial charge in [0, 0.05) is 11.1 Å². The van der Waals surface area contributed by atoms with Crippen molar-refractivity contribution in [2.24, 2.45) is 0 Å². The molecule has 0 unspecified atom stereocenters. The molecule has 3 rings (SSSR count). The number of hydrogen-bond acceptors (Lipinski definition) is 6. The number of nitrogens with zero attached hydrogens (tertiary/aromatic N) is 1. The lowest BCUT2D eigenvalue weighted by molar-refractivity contribution is -0.153. The van der Waals surface area contributed by atoms with Gasteiger partial charge in [-0.2, -0.15) is 0 Å². The lowest BCUT2D eigenvalue weighted by Crippen LogP contribution is -2.38. The molecule has 186 valence electrons. The fourth-order valence-corrected chi connectivity index (χ4v) is 3.63. The van der Waals surface area contributed by atoms with Crippen molar-refractivity contribution in [3.63, 3.8) is 0 Å². The Morgan fingerprint density at radius 2 is 1.80 bits per heavy atom. The van der Waals surface area contributed by atoms with E-state index in [0.717, 1.165) is 11.1 Å². The summed E-state index contributed by atoms with van der Waals surface area (Å²) in [4.78, 5) is 50.5. The lowest BCUT2D eigenvalue weighted by atomic mass is 9.85. The number of aldehydes is 1. The number of benzene rings is 2. The van der Waals surface area contributed by atoms with Gasteiger partial charge in [0.15, 0.2) is 6.61 Å². The molecule has 8 nitrogen and oxygen atoms in total. The molecule has 0 spiro atoms. The van der Waals surface area contributed by atoms with Crippen LogP contribution >= 0.6 is 0 Å². The maximum absolute atomic E-state index is 12.9. The minimum atomic E-state index is -0.647. The number of carbonyl (C=O) groups excluding carboxylic acids is 4. The summed E-state index contributed by atoms with van der Waals surface area (Å²) in [6.45, 7) is 11.2. The van der Waals surface area contributed by atoms with Crippen LogP contribution in [0.2, 0.25) is 0 Å². The highest BCUT2D eigenvalue weighted by Crippen LogP contribution is 2.34. The van der Waals surface area contributed by atoms with Gasteiger partial charge in [-0.05, 0) is 67.6 Å². The van der Waals surface area contributed by atoms with Crippen molar-refractivity contribution in [2.75, 3.05) is 18.1 Å². The molecule has 1 heterocycles. The van der Waals surface area contributed by atoms with Crippen molar-refractivity contribution >= 4 is 29.8 Å². The summed E-state index contributed by atoms with van der Waals surface area (Å²) in [7, 11) is 0. The van der Waals surface area contributed by atoms with E-state index >= 15 is 0 Å². The van der Waals surface area contributed by atoms with Gasteiger partial charge >= 0.3 is 5.97 Å². The summed E-state index contributed by atoms with van der Waals surface area (Å²) < 4.78 is 10.8. The summed E-state index contributed by atoms with van der Waals surface area (Å²) in [5.41, 5.74) is 2.02. The molecule has 35 heavy (non-hydrogen) atoms. The molecule has 2 aromatic rings. The zero-order valence-corrected chi connectivity index (χ0v) is 21.1. The maximum Gasteiger partial charge on any atom is 0.325 e. The van der Waals surface area contributed by atoms with E-state index in [2.05, 4.69) is 5.32 Å². The number of fused-ring (bicyclic) bond motifs is 1. The molecular formula is C27H32N2O6. The van der Waals surface area contributed by atoms with Gasteiger partial charge in [0.2, 0.25) is 0 Å². The Kier molecular flexibility index (Phi) is 7.33. The first-order valence-electron chi connectivity index (χ1n) is 11.4. The first kappa shape index (κ1) is 25.9. The SMILES string of the molecule is CC(C)(C)OC(=O)CNC(=O)c1cc(CN2C(=O)COc3ccc(C=O)cc32)cc(C(C)(C)C)c1. The zero-order chi connectivity index (χ0) is 26.0. The zero-order valence-electron chi connectivity index (χ0n) is 21.1. The van der Waals surface area contributed by atoms with E-state index in [-0.39, 0.29) is 31.0 Å². The molecule has 0 saturated carbocycles. The van der Waals surface area contributed by atoms with E-state index in [0.29, 0.717) is 28.8 Å². The first-order chi connectivity index (χ1) is 16.3. The number of nitrogens with one attached hydrogen (secondary N) is 1. The molecule has 0 aromatic heterocycles. The highest BCUT2D eigenvalue weighted by molar-refractivity contribution is 5.99. The number of anilines is 1. The molecule has 8 heteroatoms. The Morgan fingerprint density at radius 1 is 1.09 bits per heavy atom. The monoisotopic (exact) mass is 480 g/mol. The molecule has 0 aliphatic carbocycles. The molecule has 1 aliphatic rings. The van der Waals surface area contributed by atoms with Crippen LogP contribution in [0.25, 0.3) is 0 Å². The van der Waals surface area contributed by atoms with Crippen LogP contribution in [0.3, 0.4) is 0 Å². The highest BCUT2D eigenvalue weighted by atomic mass is 16.6. The second-order valence-corrected chi connectivity index (χ2v) is 10.6. The van der Waals surface area contributed by atoms with Gasteiger partial charge in [0.25, 0.3) is 11.8 Å². The van der Waals surface area contributed by atoms with E-state index in [1.807, 2.05) is 26.8 Å². The van der Waals surface area contributed by atoms with Crippen molar-refractivity contribution in [3.05, 3.63) is 58.7 Å². The van der Waals surface area contributed by atoms with Crippen molar-refractivity contribution < 1.29 is 28.7 Å². The van der Waals surface area contributed by atoms with Crippen molar-refractivity contribution in [2.45, 2.75) is 59.1 Å². The maximum atomic E-state index is 12.9. The normalized spacial score (nSPS) is 13.5. The Labute approximate surface area is 205 Å². The predicted molar refractivity (Wildman–Crippen MR) is 132 cm³/mol. The van der Waals surface area contributed by atoms with Gasteiger partial charge < -0.3 is 19.7 Å². The molecule has 0 atom stereocenters. The largest absolute Gasteiger partial charge is 0.482 e. The number of rotatable bonds is 6. The summed E-state index contributed by atoms with van der Waals surface area (Å²) >= 11 is 0. The minimum Gasteiger partial charge on any atom is -0.482 e. The number of amides is 2. The number of carbonyl (C=O) groups is 4. The van der Waals surface area contributed by atoms with E-state index < -0.39 is 17.5 Å². The molecule has 1 aliphatic heterocycles. The number of ether oxygens (including phenoxy) is 2. The third-order valence-electron chi connectivity index (χ3n) is 5.34. The van der Waals surface area contributed by atoms with Crippen LogP contribution < -0.4 is 15.0 Å². The lowest BCUT2D eigenvalue weighted by Gasteiger charge is -2.30. The fourth-order valence-electron chi connectivity index (χ4n) is 3.63. The van der Waals surface area contributed by atoms with E-state index in [1.54, 1.807) is 56.0 Å². The van der Waals surface area contributed by atoms with Crippen LogP contribution in [0, 0.1) is 0 Å². The van der Waals surface area contributed by atoms with Crippen LogP contribution in [0.5, 0.6) is 5.75 Å². The van der Waals surface area contributed by atoms with Gasteiger partial charge in [-0.25, -0.2) is 0 Å². The van der Waals surface area contributed by atoms with Crippen molar-refractivity contribution in [3.8, 4) is 5.75 Å². The van der Waals surface area contributed by atoms with Gasteiger partial charge in [0.1, 0.15) is 24.2 Å². The Morgan fingerprint density at radius 3 is 2.43 bits per heavy atom. The fraction of sp³-hybridized carbons (Fsp3) is 0.407. The van der Waals surface area contributed by atoms with Crippen LogP contribution in [0.15, 0.2) is 36.4 Å². The smallest absolute Gasteiger partial charge is 0.325 e. The van der Waals surface area contributed by atoms with E-state index in [4.69, 9.17) is 9.47 Å². The van der Waals surface area contributed by atoms with Gasteiger partial charge in [-0.1, -0.05) is 26.8 Å². The topological polar surface area (TPSA) is 102 Å². The Hall–Kier alpha value is -3.68. The van der Waals surface area contributed by atoms with Crippen LogP contribution in [0.1, 0.15) is 73.4 Å². The molecule has 1 N–H and O–H groups in total. The van der Waals surface area contributed by atoms with Crippen LogP contribution in [-0.2, 0) is 26.3 Å². The average molecular weight is 481 g/mol. The first-order valence-corrected chi connectivity index (χ1v) is 11.4. The summed E-state index contributed by atoms with van der Waals surface area (Å²) in [5.74, 6) is -0.685. The molecule has 2 aromatic carbocycles. The standard InChI is InChI=1S/C27H32N2O6/c1-26(2,3)20-10-18(9-19(12-20)25(33)28-13-24(32)35-27(4,5)6)14-29-21-11-17(15-30)7-8-22(21)34-16-23(29)31/h7-12,15H,13-14,16H2,1-6H3,(H,28,33). The summed E-state index contributed by atoms with van der Waals surface area (Å²) in [6, 6.07) is 10.4. The van der Waals surface area contributed by atoms with Crippen LogP contribution in [0.4, 0.5) is 5.69 Å². The van der Waals surface area contributed by atoms with E-state index in [1.165, 1.54) is 0 Å². The Balaban J connectivity index is 1.90. The van der Waals surface area contributed by atoms with Gasteiger partial charge in [-0.15, -0.1) is 0 Å². The van der Waals surface area contributed by atoms with E-state index in [9.17, 15) is 19.2 Å². The quantitative estimate of drug-likeness (QED) is 0.499. The molecule has 2 amide bonds. The number of hydrogen-bond donors (Lipinski definition) is 1. The van der Waals surface area contributed by atoms with Crippen molar-refractivity contribution in [1.82, 2.24) is 5.32 Å². The minimum absolute atomic E-state index is 0.115. The summed E-state index contributed by atoms with van der Waals surface area (Å²) in [6.07, 6.45) is 0.713. The van der Waals surface area contributed by atoms with Crippen molar-refractivity contribution in [1.29, 1.82) is 0 Å². The molecule has 0 bridgehead atoms. The van der Waals surface area contributed by atoms with Gasteiger partial charge in [0.05, 0.1) is 12.2 Å². The number of esters is 1. The molecule has 0 fully saturated rings. The van der Waals surface area contributed by atoms with Crippen LogP contribution in [-0.4, -0.2) is 42.8 Å². The van der Waals surface area contributed by atoms with Gasteiger partial charge in [-0.3, -0.25) is 19.2 Å². The second-order valence-electron chi connectivity index (χ2n) is 10.6. The highest BCUT2D eigenvalue weighted by Gasteiger charge is 2.27. The second kappa shape index (κ2) is 9.90. The summed E-state index contributed by atoms with van der Waals surface area (Å²) in [5, 5.41) is 2.62. The Bertz CT molecular complexity index is 1160. The third-order valence-corrected chi connectivity index (χ3v) is 5.34. The molecular weight excluding hydrogens is 448 g/mol. The third kappa shape index (κ3) is 6.68.